The van der Waals surface area contributed by atoms with Gasteiger partial charge in [0.2, 0.25) is 0 Å². The maximum atomic E-state index is 2.21. The van der Waals surface area contributed by atoms with E-state index in [0.29, 0.717) is 0 Å². The van der Waals surface area contributed by atoms with Crippen molar-refractivity contribution in [2.75, 3.05) is 14.1 Å². The van der Waals surface area contributed by atoms with E-state index < -0.39 is 0 Å². The highest BCUT2D eigenvalue weighted by molar-refractivity contribution is 6.52. The van der Waals surface area contributed by atoms with E-state index in [1.807, 2.05) is 0 Å². The van der Waals surface area contributed by atoms with Gasteiger partial charge in [-0.25, -0.2) is 0 Å². The summed E-state index contributed by atoms with van der Waals surface area (Å²) in [6, 6.07) is 8.63. The lowest BCUT2D eigenvalue weighted by Crippen LogP contribution is -2.21. The Morgan fingerprint density at radius 1 is 1.25 bits per heavy atom. The fraction of sp³-hybridized carbons (Fsp3) is 0.400. The topological polar surface area (TPSA) is 3.24 Å². The zero-order chi connectivity index (χ0) is 8.97. The molecule has 0 fully saturated rings. The van der Waals surface area contributed by atoms with Gasteiger partial charge >= 0.3 is 0 Å². The summed E-state index contributed by atoms with van der Waals surface area (Å²) in [5.41, 5.74) is 2.91. The van der Waals surface area contributed by atoms with E-state index in [4.69, 9.17) is 0 Å². The van der Waals surface area contributed by atoms with Crippen LogP contribution in [0.2, 0.25) is 6.82 Å². The average Bonchev–Trinajstić information content (AvgIpc) is 2.04. The molecule has 0 amide bonds. The van der Waals surface area contributed by atoms with E-state index in [2.05, 4.69) is 50.1 Å². The van der Waals surface area contributed by atoms with Gasteiger partial charge in [0.25, 0.3) is 0 Å². The molecule has 1 nitrogen and oxygen atoms in total. The van der Waals surface area contributed by atoms with Crippen LogP contribution in [0.4, 0.5) is 0 Å². The first-order valence-electron chi connectivity index (χ1n) is 4.45. The molecule has 0 N–H and O–H groups in total. The van der Waals surface area contributed by atoms with Crippen LogP contribution < -0.4 is 5.46 Å². The van der Waals surface area contributed by atoms with E-state index in [-0.39, 0.29) is 0 Å². The summed E-state index contributed by atoms with van der Waals surface area (Å²) < 4.78 is 0. The second kappa shape index (κ2) is 4.32. The van der Waals surface area contributed by atoms with Gasteiger partial charge in [-0.3, -0.25) is 0 Å². The highest BCUT2D eigenvalue weighted by Gasteiger charge is 2.00. The Morgan fingerprint density at radius 2 is 1.92 bits per heavy atom. The normalized spacial score (nSPS) is 10.3. The third-order valence-electron chi connectivity index (χ3n) is 1.99. The van der Waals surface area contributed by atoms with Crippen LogP contribution in [0.15, 0.2) is 24.3 Å². The number of hydrogen-bond donors (Lipinski definition) is 0. The Hall–Kier alpha value is -0.755. The van der Waals surface area contributed by atoms with Crippen LogP contribution in [0.25, 0.3) is 0 Å². The van der Waals surface area contributed by atoms with Gasteiger partial charge in [0, 0.05) is 6.54 Å². The number of rotatable bonds is 3. The van der Waals surface area contributed by atoms with Crippen molar-refractivity contribution in [1.29, 1.82) is 0 Å². The zero-order valence-electron chi connectivity index (χ0n) is 8.17. The highest BCUT2D eigenvalue weighted by atomic mass is 15.0. The van der Waals surface area contributed by atoms with Gasteiger partial charge < -0.3 is 4.90 Å². The van der Waals surface area contributed by atoms with Crippen LogP contribution in [0.3, 0.4) is 0 Å². The summed E-state index contributed by atoms with van der Waals surface area (Å²) in [5.74, 6) is 0. The second-order valence-corrected chi connectivity index (χ2v) is 3.36. The maximum Gasteiger partial charge on any atom is 0.154 e. The summed E-state index contributed by atoms with van der Waals surface area (Å²) in [6.45, 7) is 3.25. The lowest BCUT2D eigenvalue weighted by molar-refractivity contribution is 0.403. The summed E-state index contributed by atoms with van der Waals surface area (Å²) >= 11 is 0. The monoisotopic (exact) mass is 161 g/mol. The molecule has 1 aromatic carbocycles. The minimum absolute atomic E-state index is 1.05. The number of hydrogen-bond acceptors (Lipinski definition) is 1. The van der Waals surface area contributed by atoms with Gasteiger partial charge in [0.05, 0.1) is 0 Å². The van der Waals surface area contributed by atoms with Gasteiger partial charge in [-0.1, -0.05) is 36.6 Å². The molecule has 0 atom stereocenters. The minimum Gasteiger partial charge on any atom is -0.305 e. The van der Waals surface area contributed by atoms with Gasteiger partial charge in [-0.05, 0) is 19.7 Å². The van der Waals surface area contributed by atoms with Crippen LogP contribution in [0.5, 0.6) is 0 Å². The van der Waals surface area contributed by atoms with Crippen molar-refractivity contribution in [2.45, 2.75) is 13.4 Å². The second-order valence-electron chi connectivity index (χ2n) is 3.36. The molecular weight excluding hydrogens is 145 g/mol. The molecule has 0 aliphatic heterocycles. The van der Waals surface area contributed by atoms with Gasteiger partial charge in [0.15, 0.2) is 7.28 Å². The van der Waals surface area contributed by atoms with Crippen LogP contribution in [0.1, 0.15) is 5.56 Å². The van der Waals surface area contributed by atoms with Gasteiger partial charge in [0.1, 0.15) is 0 Å². The van der Waals surface area contributed by atoms with Crippen molar-refractivity contribution in [1.82, 2.24) is 4.90 Å². The molecule has 0 radical (unpaired) electrons. The molecule has 2 heteroatoms. The van der Waals surface area contributed by atoms with Gasteiger partial charge in [-0.2, -0.15) is 0 Å². The maximum absolute atomic E-state index is 2.21. The molecular formula is C10H16BN. The van der Waals surface area contributed by atoms with E-state index in [0.717, 1.165) is 13.8 Å². The van der Waals surface area contributed by atoms with E-state index >= 15 is 0 Å². The van der Waals surface area contributed by atoms with E-state index in [9.17, 15) is 0 Å². The van der Waals surface area contributed by atoms with Crippen molar-refractivity contribution in [3.05, 3.63) is 29.8 Å². The summed E-state index contributed by atoms with van der Waals surface area (Å²) in [5, 5.41) is 0. The van der Waals surface area contributed by atoms with Gasteiger partial charge in [-0.15, -0.1) is 0 Å². The molecule has 0 unspecified atom stereocenters. The lowest BCUT2D eigenvalue weighted by Gasteiger charge is -2.12. The summed E-state index contributed by atoms with van der Waals surface area (Å²) in [4.78, 5) is 2.20. The summed E-state index contributed by atoms with van der Waals surface area (Å²) in [6.07, 6.45) is 0. The fourth-order valence-corrected chi connectivity index (χ4v) is 1.40. The molecule has 0 spiro atoms. The predicted molar refractivity (Wildman–Crippen MR) is 56.5 cm³/mol. The summed E-state index contributed by atoms with van der Waals surface area (Å²) in [7, 11) is 5.34. The first-order valence-corrected chi connectivity index (χ1v) is 4.45. The Labute approximate surface area is 75.6 Å². The third kappa shape index (κ3) is 2.38. The SMILES string of the molecule is CBc1ccccc1CN(C)C. The van der Waals surface area contributed by atoms with Crippen LogP contribution in [-0.2, 0) is 6.54 Å². The van der Waals surface area contributed by atoms with Crippen LogP contribution in [0, 0.1) is 0 Å². The fourth-order valence-electron chi connectivity index (χ4n) is 1.40. The molecule has 12 heavy (non-hydrogen) atoms. The highest BCUT2D eigenvalue weighted by Crippen LogP contribution is 1.98. The molecule has 1 aromatic rings. The largest absolute Gasteiger partial charge is 0.305 e. The standard InChI is InChI=1S/C10H16BN/c1-11-10-7-5-4-6-9(10)8-12(2)3/h4-7,11H,8H2,1-3H3. The molecule has 0 bridgehead atoms. The lowest BCUT2D eigenvalue weighted by atomic mass is 9.71. The average molecular weight is 161 g/mol. The van der Waals surface area contributed by atoms with Crippen molar-refractivity contribution in [3.63, 3.8) is 0 Å². The molecule has 0 heterocycles. The minimum atomic E-state index is 1.05. The third-order valence-corrected chi connectivity index (χ3v) is 1.99. The molecule has 0 aliphatic carbocycles. The number of nitrogens with zero attached hydrogens (tertiary/aromatic N) is 1. The Bertz CT molecular complexity index is 245. The quantitative estimate of drug-likeness (QED) is 0.594. The Kier molecular flexibility index (Phi) is 3.36. The van der Waals surface area contributed by atoms with Crippen molar-refractivity contribution < 1.29 is 0 Å². The molecule has 0 saturated heterocycles. The smallest absolute Gasteiger partial charge is 0.154 e. The van der Waals surface area contributed by atoms with E-state index in [1.54, 1.807) is 0 Å². The Balaban J connectivity index is 2.82. The first kappa shape index (κ1) is 9.33. The molecule has 1 rings (SSSR count). The molecule has 0 saturated carbocycles. The molecule has 64 valence electrons. The zero-order valence-corrected chi connectivity index (χ0v) is 8.17. The molecule has 0 aliphatic rings. The van der Waals surface area contributed by atoms with Crippen molar-refractivity contribution >= 4 is 12.7 Å². The van der Waals surface area contributed by atoms with Crippen LogP contribution in [-0.4, -0.2) is 26.3 Å². The van der Waals surface area contributed by atoms with Crippen molar-refractivity contribution in [2.24, 2.45) is 0 Å². The van der Waals surface area contributed by atoms with E-state index in [1.165, 1.54) is 11.0 Å². The first-order chi connectivity index (χ1) is 5.74. The molecule has 0 aromatic heterocycles. The van der Waals surface area contributed by atoms with Crippen LogP contribution >= 0.6 is 0 Å². The number of benzene rings is 1. The van der Waals surface area contributed by atoms with Crippen molar-refractivity contribution in [3.8, 4) is 0 Å². The predicted octanol–water partition coefficient (Wildman–Crippen LogP) is 0.858. The Morgan fingerprint density at radius 3 is 2.50 bits per heavy atom.